The predicted molar refractivity (Wildman–Crippen MR) is 82.6 cm³/mol. The summed E-state index contributed by atoms with van der Waals surface area (Å²) < 4.78 is 1.55. The number of rotatable bonds is 3. The molecular formula is C16H15N3O2. The average Bonchev–Trinajstić information content (AvgIpc) is 2.97. The Morgan fingerprint density at radius 2 is 2.10 bits per heavy atom. The molecule has 3 rings (SSSR count). The number of aromatic nitrogens is 2. The number of amides is 1. The fraction of sp³-hybridized carbons (Fsp3) is 0.125. The van der Waals surface area contributed by atoms with Crippen LogP contribution in [0.25, 0.3) is 10.9 Å². The first kappa shape index (κ1) is 13.2. The van der Waals surface area contributed by atoms with Gasteiger partial charge in [-0.1, -0.05) is 6.07 Å². The van der Waals surface area contributed by atoms with Crippen molar-refractivity contribution in [2.75, 3.05) is 5.32 Å². The molecule has 0 spiro atoms. The Morgan fingerprint density at radius 1 is 1.24 bits per heavy atom. The molecule has 0 fully saturated rings. The van der Waals surface area contributed by atoms with Gasteiger partial charge in [0.15, 0.2) is 0 Å². The highest BCUT2D eigenvalue weighted by Crippen LogP contribution is 2.18. The molecule has 0 unspecified atom stereocenters. The highest BCUT2D eigenvalue weighted by molar-refractivity contribution is 6.12. The Kier molecular flexibility index (Phi) is 3.31. The minimum Gasteiger partial charge on any atom is -0.361 e. The second-order valence-electron chi connectivity index (χ2n) is 4.74. The van der Waals surface area contributed by atoms with E-state index >= 15 is 0 Å². The number of fused-ring (bicyclic) bond motifs is 1. The zero-order chi connectivity index (χ0) is 14.8. The molecule has 5 nitrogen and oxygen atoms in total. The van der Waals surface area contributed by atoms with Gasteiger partial charge in [-0.05, 0) is 31.2 Å². The van der Waals surface area contributed by atoms with E-state index in [4.69, 9.17) is 0 Å². The molecular weight excluding hydrogens is 266 g/mol. The Labute approximate surface area is 121 Å². The van der Waals surface area contributed by atoms with Gasteiger partial charge in [0.2, 0.25) is 0 Å². The minimum absolute atomic E-state index is 0.0803. The second kappa shape index (κ2) is 5.28. The third kappa shape index (κ3) is 2.45. The highest BCUT2D eigenvalue weighted by Gasteiger charge is 2.11. The fourth-order valence-corrected chi connectivity index (χ4v) is 2.33. The van der Waals surface area contributed by atoms with Crippen LogP contribution < -0.4 is 10.9 Å². The molecule has 0 saturated carbocycles. The smallest absolute Gasteiger partial charge is 0.256 e. The summed E-state index contributed by atoms with van der Waals surface area (Å²) >= 11 is 0. The summed E-state index contributed by atoms with van der Waals surface area (Å²) in [5.74, 6) is -0.193. The summed E-state index contributed by atoms with van der Waals surface area (Å²) in [5, 5.41) is 3.70. The summed E-state index contributed by atoms with van der Waals surface area (Å²) in [4.78, 5) is 27.0. The molecule has 0 bridgehead atoms. The van der Waals surface area contributed by atoms with E-state index in [2.05, 4.69) is 10.3 Å². The summed E-state index contributed by atoms with van der Waals surface area (Å²) in [6.45, 7) is 2.45. The van der Waals surface area contributed by atoms with Crippen molar-refractivity contribution in [3.63, 3.8) is 0 Å². The number of aryl methyl sites for hydroxylation is 1. The minimum atomic E-state index is -0.193. The van der Waals surface area contributed by atoms with Crippen LogP contribution in [0.4, 0.5) is 5.69 Å². The Balaban J connectivity index is 1.93. The first-order valence-corrected chi connectivity index (χ1v) is 6.77. The van der Waals surface area contributed by atoms with Crippen LogP contribution in [-0.4, -0.2) is 15.5 Å². The first-order valence-electron chi connectivity index (χ1n) is 6.77. The van der Waals surface area contributed by atoms with Gasteiger partial charge in [0.1, 0.15) is 0 Å². The topological polar surface area (TPSA) is 66.9 Å². The normalized spacial score (nSPS) is 10.7. The maximum Gasteiger partial charge on any atom is 0.256 e. The number of anilines is 1. The van der Waals surface area contributed by atoms with Gasteiger partial charge in [0, 0.05) is 41.5 Å². The van der Waals surface area contributed by atoms with Crippen LogP contribution in [0.15, 0.2) is 53.6 Å². The summed E-state index contributed by atoms with van der Waals surface area (Å²) in [6, 6.07) is 10.5. The van der Waals surface area contributed by atoms with Gasteiger partial charge >= 0.3 is 0 Å². The van der Waals surface area contributed by atoms with Gasteiger partial charge in [-0.3, -0.25) is 9.59 Å². The maximum absolute atomic E-state index is 12.4. The van der Waals surface area contributed by atoms with E-state index in [1.54, 1.807) is 29.1 Å². The zero-order valence-electron chi connectivity index (χ0n) is 11.6. The summed E-state index contributed by atoms with van der Waals surface area (Å²) in [7, 11) is 0. The first-order chi connectivity index (χ1) is 10.2. The fourth-order valence-electron chi connectivity index (χ4n) is 2.33. The van der Waals surface area contributed by atoms with Gasteiger partial charge in [0.25, 0.3) is 11.5 Å². The molecule has 0 aliphatic heterocycles. The third-order valence-corrected chi connectivity index (χ3v) is 3.42. The lowest BCUT2D eigenvalue weighted by Gasteiger charge is -2.08. The number of benzene rings is 1. The number of pyridine rings is 1. The molecule has 5 heteroatoms. The van der Waals surface area contributed by atoms with Crippen molar-refractivity contribution in [3.8, 4) is 0 Å². The zero-order valence-corrected chi connectivity index (χ0v) is 11.6. The van der Waals surface area contributed by atoms with Gasteiger partial charge < -0.3 is 14.9 Å². The number of nitrogens with zero attached hydrogens (tertiary/aromatic N) is 1. The predicted octanol–water partition coefficient (Wildman–Crippen LogP) is 2.60. The third-order valence-electron chi connectivity index (χ3n) is 3.42. The number of hydrogen-bond donors (Lipinski definition) is 2. The van der Waals surface area contributed by atoms with Crippen molar-refractivity contribution in [1.29, 1.82) is 0 Å². The number of H-pyrrole nitrogens is 1. The van der Waals surface area contributed by atoms with Crippen LogP contribution >= 0.6 is 0 Å². The molecule has 0 saturated heterocycles. The summed E-state index contributed by atoms with van der Waals surface area (Å²) in [5.41, 5.74) is 2.04. The standard InChI is InChI=1S/C16H15N3O2/c1-2-19-10-11(6-7-15(19)20)18-16(21)13-4-3-5-14-12(13)8-9-17-14/h3-10,17H,2H2,1H3,(H,18,21). The monoisotopic (exact) mass is 281 g/mol. The molecule has 106 valence electrons. The molecule has 1 aromatic carbocycles. The molecule has 2 N–H and O–H groups in total. The van der Waals surface area contributed by atoms with Crippen molar-refractivity contribution in [2.24, 2.45) is 0 Å². The lowest BCUT2D eigenvalue weighted by Crippen LogP contribution is -2.19. The summed E-state index contributed by atoms with van der Waals surface area (Å²) in [6.07, 6.45) is 3.45. The number of aromatic amines is 1. The molecule has 3 aromatic rings. The SMILES string of the molecule is CCn1cc(NC(=O)c2cccc3[nH]ccc23)ccc1=O. The van der Waals surface area contributed by atoms with Gasteiger partial charge in [0.05, 0.1) is 5.69 Å². The molecule has 21 heavy (non-hydrogen) atoms. The van der Waals surface area contributed by atoms with E-state index in [9.17, 15) is 9.59 Å². The molecule has 0 aliphatic carbocycles. The van der Waals surface area contributed by atoms with Crippen LogP contribution in [0.5, 0.6) is 0 Å². The molecule has 2 heterocycles. The molecule has 0 aliphatic rings. The Morgan fingerprint density at radius 3 is 2.90 bits per heavy atom. The number of hydrogen-bond acceptors (Lipinski definition) is 2. The van der Waals surface area contributed by atoms with E-state index in [-0.39, 0.29) is 11.5 Å². The van der Waals surface area contributed by atoms with Crippen LogP contribution in [0, 0.1) is 0 Å². The quantitative estimate of drug-likeness (QED) is 0.775. The lowest BCUT2D eigenvalue weighted by atomic mass is 10.1. The van der Waals surface area contributed by atoms with Crippen LogP contribution in [-0.2, 0) is 6.54 Å². The Hall–Kier alpha value is -2.82. The molecule has 2 aromatic heterocycles. The van der Waals surface area contributed by atoms with Crippen molar-refractivity contribution in [2.45, 2.75) is 13.5 Å². The van der Waals surface area contributed by atoms with E-state index in [1.165, 1.54) is 6.07 Å². The van der Waals surface area contributed by atoms with Crippen LogP contribution in [0.3, 0.4) is 0 Å². The van der Waals surface area contributed by atoms with E-state index in [0.717, 1.165) is 10.9 Å². The molecule has 0 radical (unpaired) electrons. The Bertz CT molecular complexity index is 861. The van der Waals surface area contributed by atoms with Crippen molar-refractivity contribution >= 4 is 22.5 Å². The van der Waals surface area contributed by atoms with Gasteiger partial charge in [-0.2, -0.15) is 0 Å². The number of carbonyl (C=O) groups excluding carboxylic acids is 1. The van der Waals surface area contributed by atoms with E-state index in [0.29, 0.717) is 17.8 Å². The van der Waals surface area contributed by atoms with Crippen molar-refractivity contribution in [3.05, 3.63) is 64.7 Å². The highest BCUT2D eigenvalue weighted by atomic mass is 16.1. The molecule has 1 amide bonds. The van der Waals surface area contributed by atoms with Crippen LogP contribution in [0.2, 0.25) is 0 Å². The van der Waals surface area contributed by atoms with Gasteiger partial charge in [-0.25, -0.2) is 0 Å². The lowest BCUT2D eigenvalue weighted by molar-refractivity contribution is 0.102. The number of carbonyl (C=O) groups is 1. The van der Waals surface area contributed by atoms with Crippen molar-refractivity contribution in [1.82, 2.24) is 9.55 Å². The molecule has 0 atom stereocenters. The largest absolute Gasteiger partial charge is 0.361 e. The van der Waals surface area contributed by atoms with Crippen LogP contribution in [0.1, 0.15) is 17.3 Å². The van der Waals surface area contributed by atoms with E-state index < -0.39 is 0 Å². The average molecular weight is 281 g/mol. The second-order valence-corrected chi connectivity index (χ2v) is 4.74. The maximum atomic E-state index is 12.4. The van der Waals surface area contributed by atoms with E-state index in [1.807, 2.05) is 25.1 Å². The van der Waals surface area contributed by atoms with Crippen molar-refractivity contribution < 1.29 is 4.79 Å². The number of nitrogens with one attached hydrogen (secondary N) is 2. The van der Waals surface area contributed by atoms with Gasteiger partial charge in [-0.15, -0.1) is 0 Å².